The molecule has 2 aliphatic carbocycles. The molecule has 2 heteroatoms. The van der Waals surface area contributed by atoms with Gasteiger partial charge in [-0.3, -0.25) is 0 Å². The molecule has 0 spiro atoms. The van der Waals surface area contributed by atoms with E-state index >= 15 is 0 Å². The molecule has 4 atom stereocenters. The molecule has 2 fully saturated rings. The third-order valence-electron chi connectivity index (χ3n) is 5.92. The van der Waals surface area contributed by atoms with Crippen LogP contribution in [0.3, 0.4) is 0 Å². The van der Waals surface area contributed by atoms with E-state index in [0.29, 0.717) is 11.8 Å². The topological polar surface area (TPSA) is 34.1 Å². The Labute approximate surface area is 117 Å². The van der Waals surface area contributed by atoms with Crippen LogP contribution in [0.2, 0.25) is 0 Å². The minimum atomic E-state index is 0.281. The summed E-state index contributed by atoms with van der Waals surface area (Å²) in [6, 6.07) is 0. The molecule has 0 heterocycles. The molecule has 0 bridgehead atoms. The monoisotopic (exact) mass is 264 g/mol. The Morgan fingerprint density at radius 2 is 1.21 bits per heavy atom. The highest BCUT2D eigenvalue weighted by molar-refractivity contribution is 5.54. The summed E-state index contributed by atoms with van der Waals surface area (Å²) in [5.41, 5.74) is 0.281. The Morgan fingerprint density at radius 3 is 1.58 bits per heavy atom. The van der Waals surface area contributed by atoms with Gasteiger partial charge in [0, 0.05) is 11.8 Å². The van der Waals surface area contributed by atoms with Crippen molar-refractivity contribution in [3.63, 3.8) is 0 Å². The Morgan fingerprint density at radius 1 is 0.789 bits per heavy atom. The third kappa shape index (κ3) is 3.27. The van der Waals surface area contributed by atoms with Crippen molar-refractivity contribution in [2.75, 3.05) is 0 Å². The number of aldehydes is 2. The Bertz CT molecular complexity index is 291. The number of hydrogen-bond acceptors (Lipinski definition) is 2. The van der Waals surface area contributed by atoms with E-state index < -0.39 is 0 Å². The summed E-state index contributed by atoms with van der Waals surface area (Å²) >= 11 is 0. The summed E-state index contributed by atoms with van der Waals surface area (Å²) in [5, 5.41) is 0. The van der Waals surface area contributed by atoms with Crippen LogP contribution in [-0.4, -0.2) is 12.6 Å². The average molecular weight is 264 g/mol. The number of rotatable bonds is 4. The molecule has 0 aromatic heterocycles. The zero-order valence-electron chi connectivity index (χ0n) is 12.4. The molecule has 2 rings (SSSR count). The van der Waals surface area contributed by atoms with Gasteiger partial charge in [-0.25, -0.2) is 0 Å². The lowest BCUT2D eigenvalue weighted by Gasteiger charge is -2.46. The van der Waals surface area contributed by atoms with Crippen molar-refractivity contribution in [1.82, 2.24) is 0 Å². The van der Waals surface area contributed by atoms with Crippen molar-refractivity contribution in [3.8, 4) is 0 Å². The van der Waals surface area contributed by atoms with Gasteiger partial charge >= 0.3 is 0 Å². The maximum atomic E-state index is 11.1. The van der Waals surface area contributed by atoms with Crippen LogP contribution in [0.5, 0.6) is 0 Å². The second-order valence-corrected chi connectivity index (χ2v) is 7.34. The van der Waals surface area contributed by atoms with E-state index in [0.717, 1.165) is 38.3 Å². The highest BCUT2D eigenvalue weighted by Gasteiger charge is 2.41. The number of carbonyl (C=O) groups is 2. The molecule has 0 aliphatic heterocycles. The zero-order chi connectivity index (χ0) is 13.9. The maximum absolute atomic E-state index is 11.1. The van der Waals surface area contributed by atoms with Crippen molar-refractivity contribution < 1.29 is 9.59 Å². The summed E-state index contributed by atoms with van der Waals surface area (Å²) in [6.07, 6.45) is 11.5. The first-order chi connectivity index (χ1) is 9.07. The minimum absolute atomic E-state index is 0.281. The summed E-state index contributed by atoms with van der Waals surface area (Å²) < 4.78 is 0. The second kappa shape index (κ2) is 6.19. The SMILES string of the molecule is CC(C)(C1CCCC(C=O)C1)C1CCCC(C=O)C1. The van der Waals surface area contributed by atoms with Gasteiger partial charge in [-0.15, -0.1) is 0 Å². The maximum Gasteiger partial charge on any atom is 0.123 e. The van der Waals surface area contributed by atoms with Crippen LogP contribution < -0.4 is 0 Å². The molecule has 19 heavy (non-hydrogen) atoms. The first-order valence-electron chi connectivity index (χ1n) is 7.98. The first-order valence-corrected chi connectivity index (χ1v) is 7.98. The predicted octanol–water partition coefficient (Wildman–Crippen LogP) is 4.02. The third-order valence-corrected chi connectivity index (χ3v) is 5.92. The highest BCUT2D eigenvalue weighted by Crippen LogP contribution is 2.49. The fraction of sp³-hybridized carbons (Fsp3) is 0.882. The Balaban J connectivity index is 2.03. The molecule has 0 aromatic rings. The fourth-order valence-corrected chi connectivity index (χ4v) is 4.39. The van der Waals surface area contributed by atoms with Crippen molar-refractivity contribution in [2.24, 2.45) is 29.1 Å². The van der Waals surface area contributed by atoms with Crippen molar-refractivity contribution in [2.45, 2.75) is 65.2 Å². The minimum Gasteiger partial charge on any atom is -0.303 e. The number of hydrogen-bond donors (Lipinski definition) is 0. The summed E-state index contributed by atoms with van der Waals surface area (Å²) in [7, 11) is 0. The van der Waals surface area contributed by atoms with Gasteiger partial charge in [0.15, 0.2) is 0 Å². The van der Waals surface area contributed by atoms with E-state index in [1.54, 1.807) is 0 Å². The van der Waals surface area contributed by atoms with Crippen molar-refractivity contribution in [1.29, 1.82) is 0 Å². The second-order valence-electron chi connectivity index (χ2n) is 7.34. The molecule has 0 saturated heterocycles. The van der Waals surface area contributed by atoms with Crippen LogP contribution in [0.1, 0.15) is 65.2 Å². The molecule has 0 amide bonds. The van der Waals surface area contributed by atoms with E-state index in [2.05, 4.69) is 13.8 Å². The molecular weight excluding hydrogens is 236 g/mol. The van der Waals surface area contributed by atoms with Gasteiger partial charge < -0.3 is 9.59 Å². The fourth-order valence-electron chi connectivity index (χ4n) is 4.39. The predicted molar refractivity (Wildman–Crippen MR) is 76.8 cm³/mol. The first kappa shape index (κ1) is 14.7. The molecule has 108 valence electrons. The lowest BCUT2D eigenvalue weighted by atomic mass is 9.59. The summed E-state index contributed by atoms with van der Waals surface area (Å²) in [6.45, 7) is 4.76. The normalized spacial score (nSPS) is 36.7. The average Bonchev–Trinajstić information content (AvgIpc) is 2.47. The Hall–Kier alpha value is -0.660. The van der Waals surface area contributed by atoms with Gasteiger partial charge in [0.1, 0.15) is 12.6 Å². The molecule has 0 N–H and O–H groups in total. The van der Waals surface area contributed by atoms with Crippen LogP contribution in [-0.2, 0) is 9.59 Å². The highest BCUT2D eigenvalue weighted by atomic mass is 16.1. The molecule has 2 aliphatic rings. The van der Waals surface area contributed by atoms with Crippen molar-refractivity contribution >= 4 is 12.6 Å². The van der Waals surface area contributed by atoms with Gasteiger partial charge in [0.2, 0.25) is 0 Å². The summed E-state index contributed by atoms with van der Waals surface area (Å²) in [5.74, 6) is 1.88. The van der Waals surface area contributed by atoms with E-state index in [9.17, 15) is 9.59 Å². The van der Waals surface area contributed by atoms with Gasteiger partial charge in [0.05, 0.1) is 0 Å². The molecule has 2 saturated carbocycles. The molecular formula is C17H28O2. The number of carbonyl (C=O) groups excluding carboxylic acids is 2. The van der Waals surface area contributed by atoms with Crippen LogP contribution in [0.4, 0.5) is 0 Å². The van der Waals surface area contributed by atoms with E-state index in [1.165, 1.54) is 25.7 Å². The standard InChI is InChI=1S/C17H28O2/c1-17(2,15-7-3-5-13(9-15)11-18)16-8-4-6-14(10-16)12-19/h11-16H,3-10H2,1-2H3. The lowest BCUT2D eigenvalue weighted by molar-refractivity contribution is -0.113. The molecule has 0 radical (unpaired) electrons. The Kier molecular flexibility index (Phi) is 4.81. The zero-order valence-corrected chi connectivity index (χ0v) is 12.4. The smallest absolute Gasteiger partial charge is 0.123 e. The van der Waals surface area contributed by atoms with Crippen LogP contribution in [0.15, 0.2) is 0 Å². The van der Waals surface area contributed by atoms with Crippen molar-refractivity contribution in [3.05, 3.63) is 0 Å². The molecule has 0 aromatic carbocycles. The van der Waals surface area contributed by atoms with Crippen LogP contribution in [0, 0.1) is 29.1 Å². The lowest BCUT2D eigenvalue weighted by Crippen LogP contribution is -2.38. The van der Waals surface area contributed by atoms with Gasteiger partial charge in [-0.1, -0.05) is 26.7 Å². The van der Waals surface area contributed by atoms with E-state index in [-0.39, 0.29) is 17.3 Å². The van der Waals surface area contributed by atoms with Gasteiger partial charge in [-0.2, -0.15) is 0 Å². The molecule has 2 nitrogen and oxygen atoms in total. The van der Waals surface area contributed by atoms with E-state index in [4.69, 9.17) is 0 Å². The van der Waals surface area contributed by atoms with Gasteiger partial charge in [-0.05, 0) is 55.8 Å². The molecule has 4 unspecified atom stereocenters. The van der Waals surface area contributed by atoms with Crippen LogP contribution in [0.25, 0.3) is 0 Å². The van der Waals surface area contributed by atoms with Gasteiger partial charge in [0.25, 0.3) is 0 Å². The van der Waals surface area contributed by atoms with Crippen LogP contribution >= 0.6 is 0 Å². The quantitative estimate of drug-likeness (QED) is 0.719. The van der Waals surface area contributed by atoms with E-state index in [1.807, 2.05) is 0 Å². The summed E-state index contributed by atoms with van der Waals surface area (Å²) in [4.78, 5) is 22.1. The largest absolute Gasteiger partial charge is 0.303 e.